The van der Waals surface area contributed by atoms with Crippen molar-refractivity contribution in [3.63, 3.8) is 0 Å². The Hall–Kier alpha value is -2.63. The topological polar surface area (TPSA) is 78.9 Å². The van der Waals surface area contributed by atoms with E-state index in [-0.39, 0.29) is 31.1 Å². The first-order chi connectivity index (χ1) is 31.0. The summed E-state index contributed by atoms with van der Waals surface area (Å²) in [6, 6.07) is 0. The molecule has 0 amide bonds. The zero-order valence-electron chi connectivity index (χ0n) is 41.8. The van der Waals surface area contributed by atoms with Crippen LogP contribution in [0.2, 0.25) is 0 Å². The largest absolute Gasteiger partial charge is 0.462 e. The average molecular weight is 883 g/mol. The maximum absolute atomic E-state index is 12.8. The van der Waals surface area contributed by atoms with Crippen LogP contribution in [0.15, 0.2) is 48.6 Å². The number of hydrogen-bond acceptors (Lipinski definition) is 6. The van der Waals surface area contributed by atoms with Gasteiger partial charge < -0.3 is 14.2 Å². The first-order valence-corrected chi connectivity index (χ1v) is 27.1. The lowest BCUT2D eigenvalue weighted by atomic mass is 10.1. The van der Waals surface area contributed by atoms with E-state index in [1.54, 1.807) is 0 Å². The van der Waals surface area contributed by atoms with E-state index in [9.17, 15) is 14.4 Å². The molecule has 0 aromatic rings. The van der Waals surface area contributed by atoms with Crippen LogP contribution in [0.5, 0.6) is 0 Å². The van der Waals surface area contributed by atoms with Crippen molar-refractivity contribution in [2.75, 3.05) is 13.2 Å². The van der Waals surface area contributed by atoms with Crippen LogP contribution in [0, 0.1) is 0 Å². The van der Waals surface area contributed by atoms with Crippen molar-refractivity contribution in [3.05, 3.63) is 48.6 Å². The molecule has 0 rings (SSSR count). The predicted molar refractivity (Wildman–Crippen MR) is 270 cm³/mol. The van der Waals surface area contributed by atoms with E-state index in [0.29, 0.717) is 19.3 Å². The van der Waals surface area contributed by atoms with E-state index in [0.717, 1.165) is 89.9 Å². The normalized spacial score (nSPS) is 12.4. The van der Waals surface area contributed by atoms with Crippen LogP contribution in [0.3, 0.4) is 0 Å². The van der Waals surface area contributed by atoms with Crippen LogP contribution in [-0.2, 0) is 28.6 Å². The van der Waals surface area contributed by atoms with Crippen LogP contribution in [-0.4, -0.2) is 37.2 Å². The molecule has 0 aliphatic rings. The molecule has 0 saturated carbocycles. The summed E-state index contributed by atoms with van der Waals surface area (Å²) in [7, 11) is 0. The minimum Gasteiger partial charge on any atom is -0.462 e. The Labute approximate surface area is 390 Å². The summed E-state index contributed by atoms with van der Waals surface area (Å²) >= 11 is 0. The van der Waals surface area contributed by atoms with Crippen molar-refractivity contribution in [2.24, 2.45) is 0 Å². The molecule has 0 aromatic carbocycles. The summed E-state index contributed by atoms with van der Waals surface area (Å²) in [6.45, 7) is 6.58. The van der Waals surface area contributed by atoms with Gasteiger partial charge in [-0.15, -0.1) is 0 Å². The first kappa shape index (κ1) is 60.4. The number of unbranched alkanes of at least 4 members (excludes halogenated alkanes) is 30. The molecule has 1 atom stereocenters. The summed E-state index contributed by atoms with van der Waals surface area (Å²) in [5.41, 5.74) is 0. The number of carbonyl (C=O) groups is 3. The highest BCUT2D eigenvalue weighted by molar-refractivity contribution is 5.71. The van der Waals surface area contributed by atoms with E-state index in [1.807, 2.05) is 0 Å². The fourth-order valence-corrected chi connectivity index (χ4v) is 7.68. The molecule has 366 valence electrons. The van der Waals surface area contributed by atoms with Crippen molar-refractivity contribution in [1.82, 2.24) is 0 Å². The first-order valence-electron chi connectivity index (χ1n) is 27.1. The second kappa shape index (κ2) is 52.0. The molecule has 0 spiro atoms. The highest BCUT2D eigenvalue weighted by Gasteiger charge is 2.19. The lowest BCUT2D eigenvalue weighted by Gasteiger charge is -2.18. The monoisotopic (exact) mass is 883 g/mol. The van der Waals surface area contributed by atoms with Gasteiger partial charge in [0.1, 0.15) is 13.2 Å². The Balaban J connectivity index is 4.34. The summed E-state index contributed by atoms with van der Waals surface area (Å²) < 4.78 is 16.8. The Morgan fingerprint density at radius 2 is 0.571 bits per heavy atom. The second-order valence-electron chi connectivity index (χ2n) is 18.1. The van der Waals surface area contributed by atoms with Crippen LogP contribution >= 0.6 is 0 Å². The van der Waals surface area contributed by atoms with Crippen LogP contribution < -0.4 is 0 Å². The van der Waals surface area contributed by atoms with Gasteiger partial charge in [-0.2, -0.15) is 0 Å². The van der Waals surface area contributed by atoms with Crippen molar-refractivity contribution < 1.29 is 28.6 Å². The standard InChI is InChI=1S/C57H102O6/c1-4-7-10-13-16-19-22-24-26-27-28-29-31-32-35-38-41-44-47-50-56(59)62-53-54(52-61-55(58)49-46-43-40-37-34-21-18-15-12-9-6-3)63-57(60)51-48-45-42-39-36-33-30-25-23-20-17-14-11-8-5-2/h16-17,19-20,24-26,30,54H,4-15,18,21-23,27-29,31-53H2,1-3H3/b19-16-,20-17-,26-24-,30-25-/t54-/m1/s1. The molecule has 0 aliphatic carbocycles. The molecule has 0 radical (unpaired) electrons. The third-order valence-corrected chi connectivity index (χ3v) is 11.8. The minimum absolute atomic E-state index is 0.0778. The highest BCUT2D eigenvalue weighted by atomic mass is 16.6. The highest BCUT2D eigenvalue weighted by Crippen LogP contribution is 2.15. The van der Waals surface area contributed by atoms with E-state index < -0.39 is 6.10 Å². The van der Waals surface area contributed by atoms with Gasteiger partial charge in [0, 0.05) is 19.3 Å². The number of ether oxygens (including phenoxy) is 3. The van der Waals surface area contributed by atoms with Crippen molar-refractivity contribution >= 4 is 17.9 Å². The van der Waals surface area contributed by atoms with Gasteiger partial charge in [-0.05, 0) is 83.5 Å². The maximum atomic E-state index is 12.8. The molecule has 0 aliphatic heterocycles. The summed E-state index contributed by atoms with van der Waals surface area (Å²) in [5, 5.41) is 0. The fourth-order valence-electron chi connectivity index (χ4n) is 7.68. The molecule has 0 N–H and O–H groups in total. The molecular weight excluding hydrogens is 781 g/mol. The van der Waals surface area contributed by atoms with Crippen molar-refractivity contribution in [3.8, 4) is 0 Å². The maximum Gasteiger partial charge on any atom is 0.306 e. The third kappa shape index (κ3) is 50.2. The molecular formula is C57H102O6. The minimum atomic E-state index is -0.779. The number of esters is 3. The zero-order chi connectivity index (χ0) is 45.8. The van der Waals surface area contributed by atoms with E-state index in [1.165, 1.54) is 148 Å². The molecule has 6 heteroatoms. The van der Waals surface area contributed by atoms with Crippen LogP contribution in [0.1, 0.15) is 278 Å². The van der Waals surface area contributed by atoms with Gasteiger partial charge in [0.2, 0.25) is 0 Å². The molecule has 0 saturated heterocycles. The lowest BCUT2D eigenvalue weighted by molar-refractivity contribution is -0.167. The van der Waals surface area contributed by atoms with Gasteiger partial charge in [0.05, 0.1) is 0 Å². The second-order valence-corrected chi connectivity index (χ2v) is 18.1. The summed E-state index contributed by atoms with van der Waals surface area (Å²) in [6.07, 6.45) is 62.3. The Morgan fingerprint density at radius 1 is 0.317 bits per heavy atom. The van der Waals surface area contributed by atoms with Gasteiger partial charge in [-0.25, -0.2) is 0 Å². The van der Waals surface area contributed by atoms with Crippen molar-refractivity contribution in [2.45, 2.75) is 284 Å². The number of hydrogen-bond donors (Lipinski definition) is 0. The number of rotatable bonds is 49. The molecule has 63 heavy (non-hydrogen) atoms. The zero-order valence-corrected chi connectivity index (χ0v) is 41.8. The predicted octanol–water partition coefficient (Wildman–Crippen LogP) is 17.9. The van der Waals surface area contributed by atoms with Crippen LogP contribution in [0.25, 0.3) is 0 Å². The fraction of sp³-hybridized carbons (Fsp3) is 0.807. The van der Waals surface area contributed by atoms with Crippen molar-refractivity contribution in [1.29, 1.82) is 0 Å². The Bertz CT molecular complexity index is 1110. The molecule has 0 fully saturated rings. The number of allylic oxidation sites excluding steroid dienone is 8. The lowest BCUT2D eigenvalue weighted by Crippen LogP contribution is -2.30. The summed E-state index contributed by atoms with van der Waals surface area (Å²) in [4.78, 5) is 38.0. The van der Waals surface area contributed by atoms with Gasteiger partial charge in [-0.1, -0.05) is 223 Å². The van der Waals surface area contributed by atoms with Gasteiger partial charge in [0.15, 0.2) is 6.10 Å². The average Bonchev–Trinajstić information content (AvgIpc) is 3.28. The quantitative estimate of drug-likeness (QED) is 0.0262. The van der Waals surface area contributed by atoms with Gasteiger partial charge >= 0.3 is 17.9 Å². The third-order valence-electron chi connectivity index (χ3n) is 11.8. The molecule has 0 bridgehead atoms. The van der Waals surface area contributed by atoms with E-state index in [2.05, 4.69) is 69.4 Å². The SMILES string of the molecule is CCCCC/C=C\C/C=C\CCCCCCCCCCCC(=O)OC[C@@H](COC(=O)CCCCCCCCCCCCC)OC(=O)CCCCCCC/C=C\C/C=C\CCCCC. The smallest absolute Gasteiger partial charge is 0.306 e. The van der Waals surface area contributed by atoms with E-state index in [4.69, 9.17) is 14.2 Å². The Kier molecular flexibility index (Phi) is 49.8. The Morgan fingerprint density at radius 3 is 0.905 bits per heavy atom. The van der Waals surface area contributed by atoms with Crippen LogP contribution in [0.4, 0.5) is 0 Å². The molecule has 0 heterocycles. The molecule has 0 aromatic heterocycles. The van der Waals surface area contributed by atoms with Gasteiger partial charge in [0.25, 0.3) is 0 Å². The summed E-state index contributed by atoms with van der Waals surface area (Å²) in [5.74, 6) is -0.887. The van der Waals surface area contributed by atoms with Gasteiger partial charge in [-0.3, -0.25) is 14.4 Å². The number of carbonyl (C=O) groups excluding carboxylic acids is 3. The molecule has 6 nitrogen and oxygen atoms in total. The van der Waals surface area contributed by atoms with E-state index >= 15 is 0 Å². The molecule has 0 unspecified atom stereocenters.